The van der Waals surface area contributed by atoms with Crippen LogP contribution in [0.2, 0.25) is 0 Å². The monoisotopic (exact) mass is 783 g/mol. The lowest BCUT2D eigenvalue weighted by atomic mass is 9.98. The summed E-state index contributed by atoms with van der Waals surface area (Å²) in [6.07, 6.45) is 0. The van der Waals surface area contributed by atoms with Crippen molar-refractivity contribution in [2.75, 3.05) is 0 Å². The van der Waals surface area contributed by atoms with E-state index in [1.165, 1.54) is 25.6 Å². The minimum absolute atomic E-state index is 0.618. The molecule has 0 aliphatic rings. The molecule has 0 saturated carbocycles. The van der Waals surface area contributed by atoms with Crippen LogP contribution in [0.15, 0.2) is 200 Å². The molecule has 0 N–H and O–H groups in total. The molecule has 0 fully saturated rings. The highest BCUT2D eigenvalue weighted by molar-refractivity contribution is 7.27. The maximum atomic E-state index is 5.46. The van der Waals surface area contributed by atoms with Gasteiger partial charge in [-0.15, -0.1) is 11.3 Å². The highest BCUT2D eigenvalue weighted by Crippen LogP contribution is 2.48. The number of hydrogen-bond donors (Lipinski definition) is 0. The summed E-state index contributed by atoms with van der Waals surface area (Å²) in [5.74, 6) is 1.88. The number of fused-ring (bicyclic) bond motifs is 8. The van der Waals surface area contributed by atoms with Crippen LogP contribution < -0.4 is 0 Å². The summed E-state index contributed by atoms with van der Waals surface area (Å²) < 4.78 is 4.91. The van der Waals surface area contributed by atoms with E-state index in [-0.39, 0.29) is 0 Å². The molecule has 0 bridgehead atoms. The second-order valence-electron chi connectivity index (χ2n) is 15.0. The first-order valence-corrected chi connectivity index (χ1v) is 20.9. The van der Waals surface area contributed by atoms with Gasteiger partial charge in [0.1, 0.15) is 0 Å². The number of aromatic nitrogens is 5. The van der Waals surface area contributed by atoms with Gasteiger partial charge in [0.15, 0.2) is 17.5 Å². The molecular formula is C54H33N5S. The topological polar surface area (TPSA) is 56.5 Å². The van der Waals surface area contributed by atoms with Gasteiger partial charge in [0.2, 0.25) is 0 Å². The molecule has 4 aromatic heterocycles. The molecule has 0 spiro atoms. The number of pyridine rings is 1. The van der Waals surface area contributed by atoms with Crippen LogP contribution in [0, 0.1) is 0 Å². The van der Waals surface area contributed by atoms with E-state index in [0.29, 0.717) is 17.5 Å². The second kappa shape index (κ2) is 13.9. The first kappa shape index (κ1) is 34.3. The summed E-state index contributed by atoms with van der Waals surface area (Å²) in [4.78, 5) is 20.7. The van der Waals surface area contributed by atoms with Crippen molar-refractivity contribution in [2.24, 2.45) is 0 Å². The van der Waals surface area contributed by atoms with Crippen LogP contribution in [0.25, 0.3) is 115 Å². The highest BCUT2D eigenvalue weighted by Gasteiger charge is 2.24. The Morgan fingerprint density at radius 2 is 0.950 bits per heavy atom. The molecule has 6 heteroatoms. The summed E-state index contributed by atoms with van der Waals surface area (Å²) in [5, 5.41) is 5.93. The molecule has 0 radical (unpaired) electrons. The van der Waals surface area contributed by atoms with Crippen LogP contribution in [0.4, 0.5) is 0 Å². The molecule has 0 aliphatic carbocycles. The molecule has 0 atom stereocenters. The lowest BCUT2D eigenvalue weighted by Crippen LogP contribution is -2.01. The quantitative estimate of drug-likeness (QED) is 0.169. The summed E-state index contributed by atoms with van der Waals surface area (Å²) in [6, 6.07) is 70.1. The Balaban J connectivity index is 1.06. The largest absolute Gasteiger partial charge is 0.308 e. The summed E-state index contributed by atoms with van der Waals surface area (Å²) >= 11 is 1.86. The van der Waals surface area contributed by atoms with E-state index in [0.717, 1.165) is 72.1 Å². The highest BCUT2D eigenvalue weighted by atomic mass is 32.1. The van der Waals surface area contributed by atoms with E-state index in [1.54, 1.807) is 0 Å². The van der Waals surface area contributed by atoms with E-state index in [2.05, 4.69) is 168 Å². The van der Waals surface area contributed by atoms with Gasteiger partial charge in [-0.1, -0.05) is 158 Å². The summed E-state index contributed by atoms with van der Waals surface area (Å²) in [5.41, 5.74) is 11.5. The minimum Gasteiger partial charge on any atom is -0.308 e. The lowest BCUT2D eigenvalue weighted by molar-refractivity contribution is 1.07. The van der Waals surface area contributed by atoms with Crippen molar-refractivity contribution in [1.29, 1.82) is 0 Å². The molecule has 0 amide bonds. The Kier molecular flexibility index (Phi) is 7.96. The molecule has 60 heavy (non-hydrogen) atoms. The van der Waals surface area contributed by atoms with E-state index < -0.39 is 0 Å². The Labute approximate surface area is 349 Å². The van der Waals surface area contributed by atoms with E-state index in [1.807, 2.05) is 47.7 Å². The van der Waals surface area contributed by atoms with Crippen molar-refractivity contribution in [3.05, 3.63) is 200 Å². The van der Waals surface area contributed by atoms with E-state index >= 15 is 0 Å². The van der Waals surface area contributed by atoms with Gasteiger partial charge in [-0.3, -0.25) is 0 Å². The average molecular weight is 784 g/mol. The molecule has 8 aromatic carbocycles. The van der Waals surface area contributed by atoms with Gasteiger partial charge in [0.05, 0.1) is 26.9 Å². The second-order valence-corrected chi connectivity index (χ2v) is 16.0. The van der Waals surface area contributed by atoms with Crippen molar-refractivity contribution in [3.8, 4) is 62.2 Å². The summed E-state index contributed by atoms with van der Waals surface area (Å²) in [6.45, 7) is 0. The van der Waals surface area contributed by atoms with Crippen LogP contribution in [0.1, 0.15) is 0 Å². The number of para-hydroxylation sites is 2. The zero-order valence-corrected chi connectivity index (χ0v) is 33.0. The zero-order chi connectivity index (χ0) is 39.6. The number of nitrogens with zero attached hydrogens (tertiary/aromatic N) is 5. The van der Waals surface area contributed by atoms with Crippen LogP contribution >= 0.6 is 11.3 Å². The van der Waals surface area contributed by atoms with Crippen LogP contribution in [-0.2, 0) is 0 Å². The fourth-order valence-corrected chi connectivity index (χ4v) is 9.98. The van der Waals surface area contributed by atoms with Gasteiger partial charge < -0.3 is 4.57 Å². The maximum Gasteiger partial charge on any atom is 0.164 e. The Morgan fingerprint density at radius 3 is 1.73 bits per heavy atom. The normalized spacial score (nSPS) is 11.7. The Bertz CT molecular complexity index is 3590. The van der Waals surface area contributed by atoms with Gasteiger partial charge in [-0.05, 0) is 64.4 Å². The third-order valence-electron chi connectivity index (χ3n) is 11.4. The third-order valence-corrected chi connectivity index (χ3v) is 12.7. The molecule has 12 rings (SSSR count). The predicted molar refractivity (Wildman–Crippen MR) is 250 cm³/mol. The standard InChI is InChI=1S/C54H33N5S/c1-3-15-34(16-4-1)38-21-13-22-39(33-38)54-57-52(36-18-5-2-6-19-36)56-53(58-54)37-29-31-40(32-30-37)59-46-28-12-10-25-44(46)51-49(59)47-48(42-26-14-20-35-17-7-8-23-41(35)42)55-45-27-11-9-24-43(45)50(47)60-51/h1-33H. The van der Waals surface area contributed by atoms with Gasteiger partial charge >= 0.3 is 0 Å². The van der Waals surface area contributed by atoms with Crippen LogP contribution in [0.3, 0.4) is 0 Å². The van der Waals surface area contributed by atoms with Crippen molar-refractivity contribution >= 4 is 64.2 Å². The first-order valence-electron chi connectivity index (χ1n) is 20.1. The number of thiophene rings is 1. The lowest BCUT2D eigenvalue weighted by Gasteiger charge is -2.13. The van der Waals surface area contributed by atoms with Gasteiger partial charge in [-0.2, -0.15) is 0 Å². The van der Waals surface area contributed by atoms with Crippen LogP contribution in [0.5, 0.6) is 0 Å². The van der Waals surface area contributed by atoms with Gasteiger partial charge in [-0.25, -0.2) is 19.9 Å². The number of hydrogen-bond acceptors (Lipinski definition) is 5. The number of rotatable bonds is 6. The Hall–Kier alpha value is -7.80. The van der Waals surface area contributed by atoms with Crippen molar-refractivity contribution in [3.63, 3.8) is 0 Å². The number of benzene rings is 8. The van der Waals surface area contributed by atoms with E-state index in [9.17, 15) is 0 Å². The van der Waals surface area contributed by atoms with Gasteiger partial charge in [0, 0.05) is 48.8 Å². The zero-order valence-electron chi connectivity index (χ0n) is 32.2. The molecule has 0 unspecified atom stereocenters. The van der Waals surface area contributed by atoms with Crippen molar-refractivity contribution < 1.29 is 0 Å². The first-order chi connectivity index (χ1) is 29.7. The fourth-order valence-electron chi connectivity index (χ4n) is 8.62. The molecule has 12 aromatic rings. The molecule has 4 heterocycles. The fraction of sp³-hybridized carbons (Fsp3) is 0. The van der Waals surface area contributed by atoms with Crippen molar-refractivity contribution in [1.82, 2.24) is 24.5 Å². The third kappa shape index (κ3) is 5.61. The van der Waals surface area contributed by atoms with E-state index in [4.69, 9.17) is 19.9 Å². The molecule has 5 nitrogen and oxygen atoms in total. The predicted octanol–water partition coefficient (Wildman–Crippen LogP) is 14.2. The van der Waals surface area contributed by atoms with Crippen LogP contribution in [-0.4, -0.2) is 24.5 Å². The SMILES string of the molecule is c1ccc(-c2cccc(-c3nc(-c4ccccc4)nc(-c4ccc(-n5c6ccccc6c6sc7c8ccccc8nc(-c8cccc9ccccc89)c7c65)cc4)n3)c2)cc1. The molecule has 280 valence electrons. The smallest absolute Gasteiger partial charge is 0.164 e. The van der Waals surface area contributed by atoms with Crippen molar-refractivity contribution in [2.45, 2.75) is 0 Å². The minimum atomic E-state index is 0.618. The summed E-state index contributed by atoms with van der Waals surface area (Å²) in [7, 11) is 0. The molecule has 0 saturated heterocycles. The average Bonchev–Trinajstić information content (AvgIpc) is 3.87. The maximum absolute atomic E-state index is 5.46. The molecule has 0 aliphatic heterocycles. The molecular weight excluding hydrogens is 751 g/mol. The Morgan fingerprint density at radius 1 is 0.383 bits per heavy atom. The van der Waals surface area contributed by atoms with Gasteiger partial charge in [0.25, 0.3) is 0 Å².